The third-order valence-corrected chi connectivity index (χ3v) is 11.6. The van der Waals surface area contributed by atoms with E-state index in [-0.39, 0.29) is 0 Å². The molecule has 72 valence electrons. The molecule has 0 N–H and O–H groups in total. The Bertz CT molecular complexity index is 340. The monoisotopic (exact) mass is 398 g/mol. The minimum absolute atomic E-state index is 0.337. The fourth-order valence-corrected chi connectivity index (χ4v) is 8.05. The second kappa shape index (κ2) is 4.40. The van der Waals surface area contributed by atoms with Crippen LogP contribution in [-0.4, -0.2) is 6.10 Å². The molecule has 1 aliphatic heterocycles. The van der Waals surface area contributed by atoms with Gasteiger partial charge in [-0.3, -0.25) is 0 Å². The first-order valence-electron chi connectivity index (χ1n) is 5.03. The molecular weight excluding hydrogens is 384 g/mol. The third kappa shape index (κ3) is 2.09. The fourth-order valence-electron chi connectivity index (χ4n) is 1.91. The van der Waals surface area contributed by atoms with Crippen LogP contribution in [0.2, 0.25) is 3.43 Å². The molecule has 1 heterocycles. The zero-order valence-corrected chi connectivity index (χ0v) is 14.8. The van der Waals surface area contributed by atoms with Gasteiger partial charge in [0, 0.05) is 0 Å². The van der Waals surface area contributed by atoms with Crippen molar-refractivity contribution in [3.05, 3.63) is 29.3 Å². The van der Waals surface area contributed by atoms with Gasteiger partial charge in [0.15, 0.2) is 0 Å². The predicted octanol–water partition coefficient (Wildman–Crippen LogP) is 3.34. The van der Waals surface area contributed by atoms with Gasteiger partial charge in [-0.2, -0.15) is 0 Å². The van der Waals surface area contributed by atoms with Crippen LogP contribution in [0.4, 0.5) is 0 Å². The molecule has 1 aromatic rings. The molecule has 1 aliphatic rings. The van der Waals surface area contributed by atoms with Crippen molar-refractivity contribution in [2.45, 2.75) is 29.8 Å². The summed E-state index contributed by atoms with van der Waals surface area (Å²) in [5.41, 5.74) is 2.67. The molecule has 1 aromatic carbocycles. The number of aryl methyl sites for hydroxylation is 1. The van der Waals surface area contributed by atoms with Crippen LogP contribution in [0, 0.1) is 6.92 Å². The number of ether oxygens (including phenoxy) is 1. The van der Waals surface area contributed by atoms with Gasteiger partial charge in [-0.25, -0.2) is 0 Å². The third-order valence-electron chi connectivity index (χ3n) is 2.87. The molecule has 0 spiro atoms. The van der Waals surface area contributed by atoms with Crippen molar-refractivity contribution >= 4 is 8.25 Å². The molecule has 3 heteroatoms. The summed E-state index contributed by atoms with van der Waals surface area (Å²) in [5.74, 6) is 1.07. The van der Waals surface area contributed by atoms with Crippen LogP contribution in [0.25, 0.3) is 0 Å². The van der Waals surface area contributed by atoms with Crippen LogP contribution >= 0.6 is 8.25 Å². The van der Waals surface area contributed by atoms with E-state index in [1.807, 2.05) is 0 Å². The molecule has 0 fully saturated rings. The van der Waals surface area contributed by atoms with Crippen LogP contribution in [0.1, 0.15) is 18.1 Å². The minimum atomic E-state index is -1.18. The van der Waals surface area contributed by atoms with Crippen molar-refractivity contribution in [2.75, 3.05) is 0 Å². The van der Waals surface area contributed by atoms with E-state index in [0.717, 1.165) is 12.2 Å². The zero-order chi connectivity index (χ0) is 10.1. The Hall–Kier alpha value is 0.245. The SMILES string of the molecule is Cc1ccc2c(c1)C[CH]([Hg][Cl])C(C)O2. The molecule has 2 atom stereocenters. The van der Waals surface area contributed by atoms with Gasteiger partial charge in [0.25, 0.3) is 0 Å². The fraction of sp³-hybridized carbons (Fsp3) is 0.455. The number of benzene rings is 1. The van der Waals surface area contributed by atoms with Gasteiger partial charge >= 0.3 is 101 Å². The van der Waals surface area contributed by atoms with Crippen molar-refractivity contribution in [3.63, 3.8) is 0 Å². The number of fused-ring (bicyclic) bond motifs is 1. The van der Waals surface area contributed by atoms with Crippen molar-refractivity contribution in [2.24, 2.45) is 0 Å². The Morgan fingerprint density at radius 1 is 1.50 bits per heavy atom. The first-order chi connectivity index (χ1) is 6.70. The number of hydrogen-bond acceptors (Lipinski definition) is 1. The van der Waals surface area contributed by atoms with Gasteiger partial charge in [0.05, 0.1) is 0 Å². The maximum absolute atomic E-state index is 6.12. The Morgan fingerprint density at radius 2 is 2.29 bits per heavy atom. The standard InChI is InChI=1S/C11H13O.ClH.Hg/c1-8-3-6-11-10(7-8)5-4-9(2)12-11;;/h3-4,6-7,9H,5H2,1-2H3;1H;/q;;+1/p-1. The molecule has 0 saturated heterocycles. The topological polar surface area (TPSA) is 9.23 Å². The average molecular weight is 397 g/mol. The van der Waals surface area contributed by atoms with E-state index in [1.54, 1.807) is 0 Å². The molecular formula is C11H13ClHgO. The van der Waals surface area contributed by atoms with Crippen LogP contribution < -0.4 is 4.74 Å². The van der Waals surface area contributed by atoms with E-state index in [9.17, 15) is 0 Å². The van der Waals surface area contributed by atoms with Gasteiger partial charge in [-0.15, -0.1) is 0 Å². The van der Waals surface area contributed by atoms with Crippen LogP contribution in [0.3, 0.4) is 0 Å². The van der Waals surface area contributed by atoms with E-state index in [2.05, 4.69) is 32.0 Å². The van der Waals surface area contributed by atoms with E-state index < -0.39 is 23.3 Å². The predicted molar refractivity (Wildman–Crippen MR) is 54.6 cm³/mol. The Labute approximate surface area is 101 Å². The van der Waals surface area contributed by atoms with Crippen LogP contribution in [0.15, 0.2) is 18.2 Å². The Morgan fingerprint density at radius 3 is 3.00 bits per heavy atom. The summed E-state index contributed by atoms with van der Waals surface area (Å²) < 4.78 is 6.53. The first-order valence-corrected chi connectivity index (χ1v) is 15.0. The van der Waals surface area contributed by atoms with Gasteiger partial charge in [-0.1, -0.05) is 0 Å². The van der Waals surface area contributed by atoms with E-state index in [4.69, 9.17) is 13.0 Å². The van der Waals surface area contributed by atoms with Crippen molar-refractivity contribution in [1.29, 1.82) is 0 Å². The molecule has 0 radical (unpaired) electrons. The van der Waals surface area contributed by atoms with Gasteiger partial charge in [0.2, 0.25) is 0 Å². The summed E-state index contributed by atoms with van der Waals surface area (Å²) in [5, 5.41) is 0. The van der Waals surface area contributed by atoms with E-state index >= 15 is 0 Å². The second-order valence-electron chi connectivity index (χ2n) is 4.05. The van der Waals surface area contributed by atoms with Crippen molar-refractivity contribution in [3.8, 4) is 5.75 Å². The average Bonchev–Trinajstić information content (AvgIpc) is 2.17. The van der Waals surface area contributed by atoms with Crippen molar-refractivity contribution in [1.82, 2.24) is 0 Å². The summed E-state index contributed by atoms with van der Waals surface area (Å²) in [6, 6.07) is 6.42. The van der Waals surface area contributed by atoms with Crippen LogP contribution in [0.5, 0.6) is 5.75 Å². The summed E-state index contributed by atoms with van der Waals surface area (Å²) in [6.07, 6.45) is 1.48. The molecule has 14 heavy (non-hydrogen) atoms. The Kier molecular flexibility index (Phi) is 3.38. The number of halogens is 1. The Balaban J connectivity index is 2.31. The summed E-state index contributed by atoms with van der Waals surface area (Å²) in [6.45, 7) is 4.27. The molecule has 0 aromatic heterocycles. The molecule has 0 saturated carbocycles. The summed E-state index contributed by atoms with van der Waals surface area (Å²) in [4.78, 5) is 0. The summed E-state index contributed by atoms with van der Waals surface area (Å²) >= 11 is -1.18. The molecule has 0 amide bonds. The zero-order valence-electron chi connectivity index (χ0n) is 8.59. The number of hydrogen-bond donors (Lipinski definition) is 0. The van der Waals surface area contributed by atoms with Gasteiger partial charge in [-0.05, 0) is 0 Å². The maximum atomic E-state index is 6.12. The van der Waals surface area contributed by atoms with Gasteiger partial charge < -0.3 is 0 Å². The quantitative estimate of drug-likeness (QED) is 0.661. The summed E-state index contributed by atoms with van der Waals surface area (Å²) in [7, 11) is 6.12. The van der Waals surface area contributed by atoms with E-state index in [1.165, 1.54) is 11.1 Å². The molecule has 2 rings (SSSR count). The van der Waals surface area contributed by atoms with Crippen molar-refractivity contribution < 1.29 is 28.1 Å². The number of rotatable bonds is 1. The normalized spacial score (nSPS) is 24.8. The molecule has 0 bridgehead atoms. The van der Waals surface area contributed by atoms with Gasteiger partial charge in [0.1, 0.15) is 0 Å². The molecule has 0 aliphatic carbocycles. The van der Waals surface area contributed by atoms with E-state index in [0.29, 0.717) is 9.53 Å². The van der Waals surface area contributed by atoms with Crippen LogP contribution in [-0.2, 0) is 29.8 Å². The second-order valence-corrected chi connectivity index (χ2v) is 12.0. The molecule has 2 unspecified atom stereocenters. The first kappa shape index (κ1) is 10.8. The molecule has 1 nitrogen and oxygen atoms in total.